The zero-order valence-corrected chi connectivity index (χ0v) is 17.7. The van der Waals surface area contributed by atoms with Crippen LogP contribution in [0.2, 0.25) is 10.0 Å². The zero-order chi connectivity index (χ0) is 21.0. The van der Waals surface area contributed by atoms with Gasteiger partial charge in [-0.15, -0.1) is 0 Å². The lowest BCUT2D eigenvalue weighted by atomic mass is 10.2. The van der Waals surface area contributed by atoms with Crippen LogP contribution in [0.15, 0.2) is 71.9 Å². The van der Waals surface area contributed by atoms with E-state index in [-0.39, 0.29) is 21.4 Å². The third-order valence-corrected chi connectivity index (χ3v) is 6.57. The summed E-state index contributed by atoms with van der Waals surface area (Å²) in [5.74, 6) is -0.367. The molecule has 1 heterocycles. The van der Waals surface area contributed by atoms with E-state index in [0.717, 1.165) is 9.87 Å². The highest BCUT2D eigenvalue weighted by Crippen LogP contribution is 2.27. The molecule has 0 unspecified atom stereocenters. The Hall–Kier alpha value is -2.61. The highest BCUT2D eigenvalue weighted by atomic mass is 35.5. The quantitative estimate of drug-likeness (QED) is 0.612. The average molecular weight is 450 g/mol. The smallest absolute Gasteiger partial charge is 0.264 e. The number of hydrogen-bond acceptors (Lipinski definition) is 4. The Morgan fingerprint density at radius 2 is 1.83 bits per heavy atom. The summed E-state index contributed by atoms with van der Waals surface area (Å²) in [6.07, 6.45) is 3.30. The fourth-order valence-corrected chi connectivity index (χ4v) is 4.14. The van der Waals surface area contributed by atoms with E-state index in [2.05, 4.69) is 10.3 Å². The topological polar surface area (TPSA) is 79.4 Å². The fourth-order valence-electron chi connectivity index (χ4n) is 2.57. The summed E-state index contributed by atoms with van der Waals surface area (Å²) < 4.78 is 26.7. The van der Waals surface area contributed by atoms with Gasteiger partial charge in [0.2, 0.25) is 0 Å². The minimum Gasteiger partial charge on any atom is -0.348 e. The highest BCUT2D eigenvalue weighted by molar-refractivity contribution is 7.92. The SMILES string of the molecule is CN(c1ccc(C(=O)NCc2cccnc2)c(Cl)c1)S(=O)(=O)c1ccc(Cl)cc1. The van der Waals surface area contributed by atoms with Crippen molar-refractivity contribution < 1.29 is 13.2 Å². The lowest BCUT2D eigenvalue weighted by Crippen LogP contribution is -2.27. The minimum atomic E-state index is -3.80. The summed E-state index contributed by atoms with van der Waals surface area (Å²) in [5.41, 5.74) is 1.42. The Bertz CT molecular complexity index is 1120. The molecule has 0 saturated heterocycles. The van der Waals surface area contributed by atoms with Crippen LogP contribution in [0.4, 0.5) is 5.69 Å². The molecule has 0 spiro atoms. The molecule has 0 fully saturated rings. The van der Waals surface area contributed by atoms with Gasteiger partial charge in [-0.05, 0) is 54.1 Å². The number of nitrogens with zero attached hydrogens (tertiary/aromatic N) is 2. The minimum absolute atomic E-state index is 0.0961. The zero-order valence-electron chi connectivity index (χ0n) is 15.3. The van der Waals surface area contributed by atoms with E-state index in [1.165, 1.54) is 49.5 Å². The molecule has 0 radical (unpaired) electrons. The molecule has 0 bridgehead atoms. The number of rotatable bonds is 6. The third-order valence-electron chi connectivity index (χ3n) is 4.21. The highest BCUT2D eigenvalue weighted by Gasteiger charge is 2.22. The van der Waals surface area contributed by atoms with Crippen molar-refractivity contribution in [2.75, 3.05) is 11.4 Å². The summed E-state index contributed by atoms with van der Waals surface area (Å²) in [6, 6.07) is 13.9. The maximum atomic E-state index is 12.8. The summed E-state index contributed by atoms with van der Waals surface area (Å²) in [6.45, 7) is 0.301. The van der Waals surface area contributed by atoms with Crippen molar-refractivity contribution in [3.05, 3.63) is 88.2 Å². The van der Waals surface area contributed by atoms with Crippen molar-refractivity contribution >= 4 is 44.8 Å². The summed E-state index contributed by atoms with van der Waals surface area (Å²) >= 11 is 12.1. The van der Waals surface area contributed by atoms with Crippen molar-refractivity contribution in [1.82, 2.24) is 10.3 Å². The van der Waals surface area contributed by atoms with Crippen LogP contribution in [0.25, 0.3) is 0 Å². The second-order valence-corrected chi connectivity index (χ2v) is 8.95. The average Bonchev–Trinajstić information content (AvgIpc) is 2.72. The van der Waals surface area contributed by atoms with Gasteiger partial charge in [-0.2, -0.15) is 0 Å². The Morgan fingerprint density at radius 1 is 1.10 bits per heavy atom. The number of nitrogens with one attached hydrogen (secondary N) is 1. The number of halogens is 2. The predicted octanol–water partition coefficient (Wildman–Crippen LogP) is 4.14. The van der Waals surface area contributed by atoms with E-state index in [1.807, 2.05) is 6.07 Å². The van der Waals surface area contributed by atoms with Crippen LogP contribution in [0, 0.1) is 0 Å². The van der Waals surface area contributed by atoms with Crippen LogP contribution in [0.5, 0.6) is 0 Å². The molecule has 1 amide bonds. The number of hydrogen-bond donors (Lipinski definition) is 1. The Morgan fingerprint density at radius 3 is 2.45 bits per heavy atom. The molecule has 29 heavy (non-hydrogen) atoms. The van der Waals surface area contributed by atoms with E-state index >= 15 is 0 Å². The van der Waals surface area contributed by atoms with Crippen LogP contribution in [0.1, 0.15) is 15.9 Å². The van der Waals surface area contributed by atoms with Gasteiger partial charge in [0.25, 0.3) is 15.9 Å². The first-order valence-corrected chi connectivity index (χ1v) is 10.7. The number of benzene rings is 2. The molecule has 3 rings (SSSR count). The Kier molecular flexibility index (Phi) is 6.42. The van der Waals surface area contributed by atoms with E-state index in [0.29, 0.717) is 17.3 Å². The van der Waals surface area contributed by atoms with Crippen LogP contribution < -0.4 is 9.62 Å². The van der Waals surface area contributed by atoms with Crippen molar-refractivity contribution in [3.8, 4) is 0 Å². The van der Waals surface area contributed by atoms with Gasteiger partial charge in [-0.1, -0.05) is 29.3 Å². The van der Waals surface area contributed by atoms with Crippen LogP contribution >= 0.6 is 23.2 Å². The van der Waals surface area contributed by atoms with Crippen molar-refractivity contribution in [2.45, 2.75) is 11.4 Å². The van der Waals surface area contributed by atoms with Gasteiger partial charge in [0.05, 0.1) is 21.2 Å². The van der Waals surface area contributed by atoms with Gasteiger partial charge in [0.15, 0.2) is 0 Å². The molecule has 0 saturated carbocycles. The number of amides is 1. The lowest BCUT2D eigenvalue weighted by molar-refractivity contribution is 0.0951. The first-order chi connectivity index (χ1) is 13.8. The summed E-state index contributed by atoms with van der Waals surface area (Å²) in [4.78, 5) is 16.5. The molecule has 1 N–H and O–H groups in total. The summed E-state index contributed by atoms with van der Waals surface area (Å²) in [5, 5.41) is 3.34. The molecule has 6 nitrogen and oxygen atoms in total. The molecule has 2 aromatic carbocycles. The first-order valence-electron chi connectivity index (χ1n) is 8.50. The fraction of sp³-hybridized carbons (Fsp3) is 0.100. The number of sulfonamides is 1. The number of pyridine rings is 1. The standard InChI is InChI=1S/C20H17Cl2N3O3S/c1-25(29(27,28)17-7-4-15(21)5-8-17)16-6-9-18(19(22)11-16)20(26)24-13-14-3-2-10-23-12-14/h2-12H,13H2,1H3,(H,24,26). The lowest BCUT2D eigenvalue weighted by Gasteiger charge is -2.20. The number of anilines is 1. The van der Waals surface area contributed by atoms with E-state index < -0.39 is 10.0 Å². The molecular formula is C20H17Cl2N3O3S. The monoisotopic (exact) mass is 449 g/mol. The predicted molar refractivity (Wildman–Crippen MR) is 114 cm³/mol. The number of carbonyl (C=O) groups is 1. The maximum absolute atomic E-state index is 12.8. The van der Waals surface area contributed by atoms with Gasteiger partial charge in [0, 0.05) is 31.0 Å². The van der Waals surface area contributed by atoms with Crippen molar-refractivity contribution in [2.24, 2.45) is 0 Å². The molecule has 0 atom stereocenters. The van der Waals surface area contributed by atoms with E-state index in [4.69, 9.17) is 23.2 Å². The normalized spacial score (nSPS) is 11.1. The van der Waals surface area contributed by atoms with Crippen molar-refractivity contribution in [3.63, 3.8) is 0 Å². The molecule has 0 aliphatic rings. The van der Waals surface area contributed by atoms with Gasteiger partial charge in [-0.3, -0.25) is 14.1 Å². The Labute approximate surface area is 179 Å². The largest absolute Gasteiger partial charge is 0.348 e. The van der Waals surface area contributed by atoms with Gasteiger partial charge in [-0.25, -0.2) is 8.42 Å². The van der Waals surface area contributed by atoms with E-state index in [1.54, 1.807) is 18.5 Å². The molecule has 0 aliphatic heterocycles. The first kappa shape index (κ1) is 21.1. The van der Waals surface area contributed by atoms with Gasteiger partial charge in [0.1, 0.15) is 0 Å². The van der Waals surface area contributed by atoms with Crippen LogP contribution in [0.3, 0.4) is 0 Å². The molecule has 3 aromatic rings. The second-order valence-electron chi connectivity index (χ2n) is 6.13. The van der Waals surface area contributed by atoms with Gasteiger partial charge >= 0.3 is 0 Å². The number of aromatic nitrogens is 1. The van der Waals surface area contributed by atoms with Crippen LogP contribution in [-0.4, -0.2) is 26.4 Å². The van der Waals surface area contributed by atoms with Gasteiger partial charge < -0.3 is 5.32 Å². The molecular weight excluding hydrogens is 433 g/mol. The van der Waals surface area contributed by atoms with Crippen molar-refractivity contribution in [1.29, 1.82) is 0 Å². The molecule has 150 valence electrons. The van der Waals surface area contributed by atoms with Crippen LogP contribution in [-0.2, 0) is 16.6 Å². The molecule has 0 aliphatic carbocycles. The molecule has 1 aromatic heterocycles. The number of carbonyl (C=O) groups excluding carboxylic acids is 1. The maximum Gasteiger partial charge on any atom is 0.264 e. The third kappa shape index (κ3) is 4.87. The van der Waals surface area contributed by atoms with E-state index in [9.17, 15) is 13.2 Å². The second kappa shape index (κ2) is 8.82. The summed E-state index contributed by atoms with van der Waals surface area (Å²) in [7, 11) is -2.38. The Balaban J connectivity index is 1.77. The molecule has 9 heteroatoms.